The fourth-order valence-electron chi connectivity index (χ4n) is 3.31. The Hall–Kier alpha value is -2.62. The predicted molar refractivity (Wildman–Crippen MR) is 90.4 cm³/mol. The summed E-state index contributed by atoms with van der Waals surface area (Å²) in [5, 5.41) is 0. The van der Waals surface area contributed by atoms with E-state index in [1.54, 1.807) is 0 Å². The van der Waals surface area contributed by atoms with Crippen molar-refractivity contribution in [3.05, 3.63) is 66.0 Å². The van der Waals surface area contributed by atoms with Gasteiger partial charge in [-0.05, 0) is 37.1 Å². The third kappa shape index (κ3) is 2.72. The number of rotatable bonds is 2. The summed E-state index contributed by atoms with van der Waals surface area (Å²) in [6.45, 7) is 1.55. The van der Waals surface area contributed by atoms with Gasteiger partial charge >= 0.3 is 0 Å². The number of aromatic amines is 1. The summed E-state index contributed by atoms with van der Waals surface area (Å²) in [7, 11) is 0. The first-order valence-corrected chi connectivity index (χ1v) is 8.10. The highest BCUT2D eigenvalue weighted by Gasteiger charge is 2.27. The van der Waals surface area contributed by atoms with Crippen LogP contribution < -0.4 is 0 Å². The lowest BCUT2D eigenvalue weighted by molar-refractivity contribution is 0.0705. The van der Waals surface area contributed by atoms with E-state index in [9.17, 15) is 4.79 Å². The van der Waals surface area contributed by atoms with Crippen molar-refractivity contribution >= 4 is 16.9 Å². The van der Waals surface area contributed by atoms with Gasteiger partial charge in [-0.3, -0.25) is 4.79 Å². The summed E-state index contributed by atoms with van der Waals surface area (Å²) in [6, 6.07) is 17.6. The molecule has 0 aliphatic carbocycles. The van der Waals surface area contributed by atoms with Gasteiger partial charge < -0.3 is 9.88 Å². The molecule has 0 radical (unpaired) electrons. The van der Waals surface area contributed by atoms with Crippen LogP contribution in [-0.4, -0.2) is 33.9 Å². The Morgan fingerprint density at radius 2 is 1.87 bits per heavy atom. The first-order chi connectivity index (χ1) is 11.3. The molecule has 4 nitrogen and oxygen atoms in total. The minimum absolute atomic E-state index is 0.117. The number of amides is 1. The van der Waals surface area contributed by atoms with Gasteiger partial charge in [0.2, 0.25) is 0 Å². The molecule has 4 heteroatoms. The average Bonchev–Trinajstić information content (AvgIpc) is 3.06. The number of nitrogens with one attached hydrogen (secondary N) is 1. The number of piperidine rings is 1. The Labute approximate surface area is 135 Å². The van der Waals surface area contributed by atoms with Gasteiger partial charge in [0.1, 0.15) is 5.82 Å². The molecule has 1 amide bonds. The van der Waals surface area contributed by atoms with Gasteiger partial charge in [-0.15, -0.1) is 0 Å². The van der Waals surface area contributed by atoms with Crippen molar-refractivity contribution in [1.82, 2.24) is 14.9 Å². The zero-order valence-corrected chi connectivity index (χ0v) is 12.9. The van der Waals surface area contributed by atoms with Crippen LogP contribution in [-0.2, 0) is 0 Å². The highest BCUT2D eigenvalue weighted by atomic mass is 16.2. The maximum absolute atomic E-state index is 12.6. The molecule has 0 saturated carbocycles. The maximum atomic E-state index is 12.6. The summed E-state index contributed by atoms with van der Waals surface area (Å²) < 4.78 is 0. The SMILES string of the molecule is O=C(c1ccccc1)N1CCCC(c2nc3ccccc3[nH]2)C1. The third-order valence-corrected chi connectivity index (χ3v) is 4.52. The Balaban J connectivity index is 1.56. The Kier molecular flexibility index (Phi) is 3.58. The molecule has 4 rings (SSSR count). The van der Waals surface area contributed by atoms with E-state index in [0.717, 1.165) is 48.4 Å². The van der Waals surface area contributed by atoms with Crippen molar-refractivity contribution in [3.63, 3.8) is 0 Å². The normalized spacial score (nSPS) is 18.3. The van der Waals surface area contributed by atoms with Crippen molar-refractivity contribution in [2.45, 2.75) is 18.8 Å². The van der Waals surface area contributed by atoms with E-state index in [4.69, 9.17) is 4.98 Å². The highest BCUT2D eigenvalue weighted by Crippen LogP contribution is 2.27. The number of H-pyrrole nitrogens is 1. The number of imidazole rings is 1. The van der Waals surface area contributed by atoms with E-state index in [2.05, 4.69) is 4.98 Å². The molecule has 2 aromatic carbocycles. The van der Waals surface area contributed by atoms with Gasteiger partial charge in [-0.1, -0.05) is 30.3 Å². The number of carbonyl (C=O) groups excluding carboxylic acids is 1. The van der Waals surface area contributed by atoms with Crippen molar-refractivity contribution in [2.24, 2.45) is 0 Å². The van der Waals surface area contributed by atoms with Crippen molar-refractivity contribution in [3.8, 4) is 0 Å². The van der Waals surface area contributed by atoms with E-state index in [1.807, 2.05) is 59.5 Å². The van der Waals surface area contributed by atoms with Crippen molar-refractivity contribution in [1.29, 1.82) is 0 Å². The molecule has 23 heavy (non-hydrogen) atoms. The van der Waals surface area contributed by atoms with Gasteiger partial charge in [0.05, 0.1) is 11.0 Å². The number of hydrogen-bond donors (Lipinski definition) is 1. The quantitative estimate of drug-likeness (QED) is 0.786. The van der Waals surface area contributed by atoms with Gasteiger partial charge in [0.25, 0.3) is 5.91 Å². The molecule has 1 saturated heterocycles. The third-order valence-electron chi connectivity index (χ3n) is 4.52. The minimum atomic E-state index is 0.117. The number of carbonyl (C=O) groups is 1. The van der Waals surface area contributed by atoms with E-state index in [-0.39, 0.29) is 11.8 Å². The zero-order valence-electron chi connectivity index (χ0n) is 12.9. The molecule has 1 aromatic heterocycles. The molecular weight excluding hydrogens is 286 g/mol. The number of hydrogen-bond acceptors (Lipinski definition) is 2. The van der Waals surface area contributed by atoms with Gasteiger partial charge in [0.15, 0.2) is 0 Å². The average molecular weight is 305 g/mol. The standard InChI is InChI=1S/C19H19N3O/c23-19(14-7-2-1-3-8-14)22-12-6-9-15(13-22)18-20-16-10-4-5-11-17(16)21-18/h1-5,7-8,10-11,15H,6,9,12-13H2,(H,20,21). The molecule has 2 heterocycles. The Morgan fingerprint density at radius 3 is 2.70 bits per heavy atom. The topological polar surface area (TPSA) is 49.0 Å². The number of nitrogens with zero attached hydrogens (tertiary/aromatic N) is 2. The first-order valence-electron chi connectivity index (χ1n) is 8.10. The molecular formula is C19H19N3O. The molecule has 3 aromatic rings. The maximum Gasteiger partial charge on any atom is 0.253 e. The van der Waals surface area contributed by atoms with E-state index >= 15 is 0 Å². The van der Waals surface area contributed by atoms with Gasteiger partial charge in [0, 0.05) is 24.6 Å². The lowest BCUT2D eigenvalue weighted by atomic mass is 9.96. The fourth-order valence-corrected chi connectivity index (χ4v) is 3.31. The molecule has 0 spiro atoms. The number of likely N-dealkylation sites (tertiary alicyclic amines) is 1. The van der Waals surface area contributed by atoms with Crippen LogP contribution in [0.5, 0.6) is 0 Å². The molecule has 1 fully saturated rings. The van der Waals surface area contributed by atoms with Crippen LogP contribution in [0, 0.1) is 0 Å². The lowest BCUT2D eigenvalue weighted by Crippen LogP contribution is -2.39. The van der Waals surface area contributed by atoms with E-state index in [0.29, 0.717) is 0 Å². The lowest BCUT2D eigenvalue weighted by Gasteiger charge is -2.32. The fraction of sp³-hybridized carbons (Fsp3) is 0.263. The largest absolute Gasteiger partial charge is 0.342 e. The molecule has 1 aliphatic rings. The second-order valence-electron chi connectivity index (χ2n) is 6.10. The van der Waals surface area contributed by atoms with Crippen molar-refractivity contribution in [2.75, 3.05) is 13.1 Å². The monoisotopic (exact) mass is 305 g/mol. The van der Waals surface area contributed by atoms with Crippen LogP contribution in [0.4, 0.5) is 0 Å². The predicted octanol–water partition coefficient (Wildman–Crippen LogP) is 3.58. The van der Waals surface area contributed by atoms with Crippen molar-refractivity contribution < 1.29 is 4.79 Å². The molecule has 1 unspecified atom stereocenters. The summed E-state index contributed by atoms with van der Waals surface area (Å²) in [5.41, 5.74) is 2.82. The summed E-state index contributed by atoms with van der Waals surface area (Å²) >= 11 is 0. The van der Waals surface area contributed by atoms with Gasteiger partial charge in [-0.2, -0.15) is 0 Å². The van der Waals surface area contributed by atoms with E-state index < -0.39 is 0 Å². The molecule has 1 aliphatic heterocycles. The Bertz CT molecular complexity index is 792. The van der Waals surface area contributed by atoms with Crippen LogP contribution in [0.2, 0.25) is 0 Å². The smallest absolute Gasteiger partial charge is 0.253 e. The van der Waals surface area contributed by atoms with Crippen LogP contribution in [0.15, 0.2) is 54.6 Å². The van der Waals surface area contributed by atoms with E-state index in [1.165, 1.54) is 0 Å². The van der Waals surface area contributed by atoms with Crippen LogP contribution in [0.25, 0.3) is 11.0 Å². The highest BCUT2D eigenvalue weighted by molar-refractivity contribution is 5.94. The summed E-state index contributed by atoms with van der Waals surface area (Å²) in [4.78, 5) is 22.7. The van der Waals surface area contributed by atoms with Crippen LogP contribution in [0.3, 0.4) is 0 Å². The zero-order chi connectivity index (χ0) is 15.6. The Morgan fingerprint density at radius 1 is 1.09 bits per heavy atom. The first kappa shape index (κ1) is 14.0. The molecule has 116 valence electrons. The van der Waals surface area contributed by atoms with Crippen LogP contribution in [0.1, 0.15) is 34.9 Å². The number of fused-ring (bicyclic) bond motifs is 1. The molecule has 0 bridgehead atoms. The number of benzene rings is 2. The summed E-state index contributed by atoms with van der Waals surface area (Å²) in [6.07, 6.45) is 2.08. The van der Waals surface area contributed by atoms with Crippen LogP contribution >= 0.6 is 0 Å². The molecule has 1 N–H and O–H groups in total. The second kappa shape index (κ2) is 5.88. The minimum Gasteiger partial charge on any atom is -0.342 e. The van der Waals surface area contributed by atoms with Gasteiger partial charge in [-0.25, -0.2) is 4.98 Å². The number of para-hydroxylation sites is 2. The second-order valence-corrected chi connectivity index (χ2v) is 6.10. The summed E-state index contributed by atoms with van der Waals surface area (Å²) in [5.74, 6) is 1.40. The number of aromatic nitrogens is 2. The molecule has 1 atom stereocenters.